The van der Waals surface area contributed by atoms with Gasteiger partial charge in [0.25, 0.3) is 0 Å². The summed E-state index contributed by atoms with van der Waals surface area (Å²) in [6, 6.07) is 5.66. The number of hydrogen-bond acceptors (Lipinski definition) is 3. The Kier molecular flexibility index (Phi) is 3.35. The molecular weight excluding hydrogens is 295 g/mol. The zero-order chi connectivity index (χ0) is 15.0. The van der Waals surface area contributed by atoms with Crippen LogP contribution in [0.15, 0.2) is 36.7 Å². The van der Waals surface area contributed by atoms with Crippen molar-refractivity contribution < 1.29 is 13.9 Å². The molecule has 0 saturated heterocycles. The molecule has 0 aliphatic rings. The van der Waals surface area contributed by atoms with E-state index in [1.807, 2.05) is 0 Å². The number of aromatic nitrogens is 2. The molecule has 0 amide bonds. The Morgan fingerprint density at radius 1 is 1.38 bits per heavy atom. The van der Waals surface area contributed by atoms with Gasteiger partial charge < -0.3 is 9.72 Å². The third-order valence-corrected chi connectivity index (χ3v) is 3.50. The van der Waals surface area contributed by atoms with Crippen LogP contribution < -0.4 is 4.74 Å². The van der Waals surface area contributed by atoms with E-state index in [1.165, 1.54) is 25.4 Å². The number of ketones is 1. The van der Waals surface area contributed by atoms with Gasteiger partial charge >= 0.3 is 0 Å². The molecule has 0 bridgehead atoms. The number of benzene rings is 1. The van der Waals surface area contributed by atoms with Crippen LogP contribution >= 0.6 is 11.6 Å². The van der Waals surface area contributed by atoms with E-state index >= 15 is 0 Å². The van der Waals surface area contributed by atoms with Gasteiger partial charge in [-0.1, -0.05) is 11.6 Å². The van der Waals surface area contributed by atoms with Gasteiger partial charge in [-0.15, -0.1) is 0 Å². The summed E-state index contributed by atoms with van der Waals surface area (Å²) in [5.74, 6) is -0.838. The number of methoxy groups -OCH3 is 1. The summed E-state index contributed by atoms with van der Waals surface area (Å²) in [5.41, 5.74) is 1.08. The van der Waals surface area contributed by atoms with Gasteiger partial charge in [0.2, 0.25) is 0 Å². The number of nitrogens with one attached hydrogen (secondary N) is 1. The summed E-state index contributed by atoms with van der Waals surface area (Å²) >= 11 is 6.11. The van der Waals surface area contributed by atoms with Crippen molar-refractivity contribution in [1.82, 2.24) is 9.97 Å². The molecule has 0 atom stereocenters. The molecule has 0 fully saturated rings. The lowest BCUT2D eigenvalue weighted by Crippen LogP contribution is -2.02. The van der Waals surface area contributed by atoms with Crippen molar-refractivity contribution in [2.75, 3.05) is 7.11 Å². The maximum absolute atomic E-state index is 13.7. The Hall–Kier alpha value is -2.40. The molecule has 0 radical (unpaired) electrons. The summed E-state index contributed by atoms with van der Waals surface area (Å²) in [4.78, 5) is 19.5. The van der Waals surface area contributed by atoms with E-state index in [9.17, 15) is 9.18 Å². The summed E-state index contributed by atoms with van der Waals surface area (Å²) in [5, 5.41) is 0.943. The number of rotatable bonds is 3. The molecule has 3 aromatic rings. The van der Waals surface area contributed by atoms with Gasteiger partial charge in [-0.05, 0) is 24.3 Å². The minimum atomic E-state index is -0.590. The Bertz CT molecular complexity index is 845. The molecule has 6 heteroatoms. The van der Waals surface area contributed by atoms with Crippen LogP contribution in [0.4, 0.5) is 4.39 Å². The van der Waals surface area contributed by atoms with Gasteiger partial charge in [-0.3, -0.25) is 4.79 Å². The lowest BCUT2D eigenvalue weighted by molar-refractivity contribution is 0.104. The van der Waals surface area contributed by atoms with E-state index in [-0.39, 0.29) is 17.1 Å². The molecule has 0 spiro atoms. The number of fused-ring (bicyclic) bond motifs is 1. The minimum Gasteiger partial charge on any atom is -0.494 e. The van der Waals surface area contributed by atoms with Crippen molar-refractivity contribution in [1.29, 1.82) is 0 Å². The SMILES string of the molecule is COc1ccc(C(=O)c2c[nH]c3nccc(Cl)c23)cc1F. The average Bonchev–Trinajstić information content (AvgIpc) is 2.92. The summed E-state index contributed by atoms with van der Waals surface area (Å²) in [6.07, 6.45) is 3.07. The van der Waals surface area contributed by atoms with Crippen LogP contribution in [-0.2, 0) is 0 Å². The number of carbonyl (C=O) groups is 1. The van der Waals surface area contributed by atoms with Crippen molar-refractivity contribution >= 4 is 28.4 Å². The molecule has 21 heavy (non-hydrogen) atoms. The highest BCUT2D eigenvalue weighted by Crippen LogP contribution is 2.27. The van der Waals surface area contributed by atoms with Crippen LogP contribution in [0.5, 0.6) is 5.75 Å². The van der Waals surface area contributed by atoms with Crippen LogP contribution in [0.1, 0.15) is 15.9 Å². The lowest BCUT2D eigenvalue weighted by Gasteiger charge is -2.04. The summed E-state index contributed by atoms with van der Waals surface area (Å²) in [7, 11) is 1.37. The number of halogens is 2. The van der Waals surface area contributed by atoms with Crippen LogP contribution in [0, 0.1) is 5.82 Å². The highest BCUT2D eigenvalue weighted by atomic mass is 35.5. The average molecular weight is 305 g/mol. The third-order valence-electron chi connectivity index (χ3n) is 3.18. The van der Waals surface area contributed by atoms with Crippen molar-refractivity contribution in [3.05, 3.63) is 58.6 Å². The largest absolute Gasteiger partial charge is 0.494 e. The van der Waals surface area contributed by atoms with E-state index in [0.717, 1.165) is 6.07 Å². The molecule has 106 valence electrons. The van der Waals surface area contributed by atoms with Gasteiger partial charge in [-0.2, -0.15) is 0 Å². The molecule has 0 aliphatic heterocycles. The first-order valence-corrected chi connectivity index (χ1v) is 6.49. The normalized spacial score (nSPS) is 10.8. The first-order chi connectivity index (χ1) is 10.1. The van der Waals surface area contributed by atoms with Gasteiger partial charge in [0.05, 0.1) is 17.7 Å². The summed E-state index contributed by atoms with van der Waals surface area (Å²) in [6.45, 7) is 0. The van der Waals surface area contributed by atoms with E-state index < -0.39 is 5.82 Å². The molecule has 2 aromatic heterocycles. The Balaban J connectivity index is 2.11. The second-order valence-corrected chi connectivity index (χ2v) is 4.80. The van der Waals surface area contributed by atoms with E-state index in [4.69, 9.17) is 16.3 Å². The number of carbonyl (C=O) groups excluding carboxylic acids is 1. The first-order valence-electron chi connectivity index (χ1n) is 6.11. The highest BCUT2D eigenvalue weighted by Gasteiger charge is 2.18. The molecule has 0 unspecified atom stereocenters. The highest BCUT2D eigenvalue weighted by molar-refractivity contribution is 6.37. The standard InChI is InChI=1S/C15H10ClFN2O2/c1-21-12-3-2-8(6-11(12)17)14(20)9-7-19-15-13(9)10(16)4-5-18-15/h2-7H,1H3,(H,18,19). The predicted octanol–water partition coefficient (Wildman–Crippen LogP) is 3.60. The van der Waals surface area contributed by atoms with E-state index in [2.05, 4.69) is 9.97 Å². The van der Waals surface area contributed by atoms with Crippen molar-refractivity contribution in [3.8, 4) is 5.75 Å². The molecule has 0 aliphatic carbocycles. The van der Waals surface area contributed by atoms with E-state index in [1.54, 1.807) is 12.3 Å². The van der Waals surface area contributed by atoms with Crippen LogP contribution in [-0.4, -0.2) is 22.9 Å². The topological polar surface area (TPSA) is 55.0 Å². The Morgan fingerprint density at radius 2 is 2.19 bits per heavy atom. The molecular formula is C15H10ClFN2O2. The van der Waals surface area contributed by atoms with Crippen LogP contribution in [0.3, 0.4) is 0 Å². The number of hydrogen-bond donors (Lipinski definition) is 1. The number of ether oxygens (including phenoxy) is 1. The van der Waals surface area contributed by atoms with Crippen LogP contribution in [0.25, 0.3) is 11.0 Å². The third kappa shape index (κ3) is 2.25. The number of nitrogens with zero attached hydrogens (tertiary/aromatic N) is 1. The van der Waals surface area contributed by atoms with Gasteiger partial charge in [0.15, 0.2) is 17.3 Å². The fourth-order valence-corrected chi connectivity index (χ4v) is 2.41. The monoisotopic (exact) mass is 304 g/mol. The molecule has 4 nitrogen and oxygen atoms in total. The first kappa shape index (κ1) is 13.6. The minimum absolute atomic E-state index is 0.0881. The predicted molar refractivity (Wildman–Crippen MR) is 77.5 cm³/mol. The van der Waals surface area contributed by atoms with Crippen LogP contribution in [0.2, 0.25) is 5.02 Å². The zero-order valence-electron chi connectivity index (χ0n) is 11.0. The zero-order valence-corrected chi connectivity index (χ0v) is 11.7. The number of H-pyrrole nitrogens is 1. The quantitative estimate of drug-likeness (QED) is 0.752. The molecule has 1 N–H and O–H groups in total. The molecule has 0 saturated carbocycles. The summed E-state index contributed by atoms with van der Waals surface area (Å²) < 4.78 is 18.6. The Morgan fingerprint density at radius 3 is 2.90 bits per heavy atom. The lowest BCUT2D eigenvalue weighted by atomic mass is 10.0. The van der Waals surface area contributed by atoms with Gasteiger partial charge in [-0.25, -0.2) is 9.37 Å². The van der Waals surface area contributed by atoms with Crippen molar-refractivity contribution in [2.45, 2.75) is 0 Å². The number of aromatic amines is 1. The fraction of sp³-hybridized carbons (Fsp3) is 0.0667. The molecule has 3 rings (SSSR count). The second kappa shape index (κ2) is 5.18. The maximum Gasteiger partial charge on any atom is 0.195 e. The molecule has 2 heterocycles. The maximum atomic E-state index is 13.7. The smallest absolute Gasteiger partial charge is 0.195 e. The number of pyridine rings is 1. The van der Waals surface area contributed by atoms with Crippen molar-refractivity contribution in [3.63, 3.8) is 0 Å². The molecule has 1 aromatic carbocycles. The van der Waals surface area contributed by atoms with E-state index in [0.29, 0.717) is 21.6 Å². The Labute approximate surface area is 124 Å². The van der Waals surface area contributed by atoms with Gasteiger partial charge in [0.1, 0.15) is 5.65 Å². The van der Waals surface area contributed by atoms with Gasteiger partial charge in [0, 0.05) is 23.3 Å². The second-order valence-electron chi connectivity index (χ2n) is 4.40. The van der Waals surface area contributed by atoms with Crippen molar-refractivity contribution in [2.24, 2.45) is 0 Å². The fourth-order valence-electron chi connectivity index (χ4n) is 2.16.